The molecule has 2 aromatic rings. The van der Waals surface area contributed by atoms with E-state index in [1.54, 1.807) is 39.2 Å². The molecule has 0 amide bonds. The molecule has 0 aliphatic carbocycles. The number of dihydropyridines is 1. The van der Waals surface area contributed by atoms with Crippen LogP contribution < -0.4 is 5.32 Å². The van der Waals surface area contributed by atoms with Gasteiger partial charge in [0.25, 0.3) is 0 Å². The molecule has 1 aromatic heterocycles. The molecule has 29 heavy (non-hydrogen) atoms. The van der Waals surface area contributed by atoms with E-state index in [1.165, 1.54) is 0 Å². The molecule has 6 nitrogen and oxygen atoms in total. The summed E-state index contributed by atoms with van der Waals surface area (Å²) in [5.41, 5.74) is 3.52. The lowest BCUT2D eigenvalue weighted by molar-refractivity contribution is -0.139. The molecular weight excluding hydrogens is 368 g/mol. The van der Waals surface area contributed by atoms with E-state index in [0.717, 1.165) is 5.56 Å². The summed E-state index contributed by atoms with van der Waals surface area (Å²) in [6, 6.07) is 13.1. The summed E-state index contributed by atoms with van der Waals surface area (Å²) in [5, 5.41) is 3.25. The predicted molar refractivity (Wildman–Crippen MR) is 109 cm³/mol. The minimum absolute atomic E-state index is 0.224. The first kappa shape index (κ1) is 20.3. The Bertz CT molecular complexity index is 949. The van der Waals surface area contributed by atoms with Gasteiger partial charge in [0.05, 0.1) is 36.0 Å². The molecular formula is C23H24N2O4. The van der Waals surface area contributed by atoms with Crippen LogP contribution in [0.1, 0.15) is 37.8 Å². The smallest absolute Gasteiger partial charge is 0.337 e. The van der Waals surface area contributed by atoms with Gasteiger partial charge in [0.2, 0.25) is 0 Å². The summed E-state index contributed by atoms with van der Waals surface area (Å²) in [4.78, 5) is 30.1. The van der Waals surface area contributed by atoms with Crippen LogP contribution in [-0.2, 0) is 19.1 Å². The molecule has 0 spiro atoms. The number of esters is 2. The van der Waals surface area contributed by atoms with Crippen LogP contribution in [0.15, 0.2) is 71.7 Å². The van der Waals surface area contributed by atoms with Crippen molar-refractivity contribution in [3.8, 4) is 0 Å². The fourth-order valence-electron chi connectivity index (χ4n) is 3.45. The minimum atomic E-state index is -0.654. The highest BCUT2D eigenvalue weighted by molar-refractivity contribution is 6.05. The molecule has 1 aliphatic heterocycles. The number of carbonyl (C=O) groups excluding carboxylic acids is 2. The maximum atomic E-state index is 13.1. The molecule has 1 N–H and O–H groups in total. The van der Waals surface area contributed by atoms with Gasteiger partial charge >= 0.3 is 11.9 Å². The highest BCUT2D eigenvalue weighted by atomic mass is 16.5. The first-order valence-electron chi connectivity index (χ1n) is 9.60. The van der Waals surface area contributed by atoms with Crippen molar-refractivity contribution in [3.63, 3.8) is 0 Å². The number of hydrogen-bond donors (Lipinski definition) is 1. The van der Waals surface area contributed by atoms with Crippen LogP contribution in [0.2, 0.25) is 0 Å². The number of rotatable bonds is 6. The summed E-state index contributed by atoms with van der Waals surface area (Å²) >= 11 is 0. The van der Waals surface area contributed by atoms with Crippen molar-refractivity contribution in [1.29, 1.82) is 0 Å². The number of ether oxygens (including phenoxy) is 2. The van der Waals surface area contributed by atoms with Gasteiger partial charge in [-0.3, -0.25) is 4.98 Å². The number of pyridine rings is 1. The summed E-state index contributed by atoms with van der Waals surface area (Å²) < 4.78 is 10.7. The van der Waals surface area contributed by atoms with E-state index in [1.807, 2.05) is 36.4 Å². The zero-order valence-electron chi connectivity index (χ0n) is 16.8. The Labute approximate surface area is 170 Å². The molecule has 150 valence electrons. The van der Waals surface area contributed by atoms with Crippen molar-refractivity contribution in [2.45, 2.75) is 26.7 Å². The third-order valence-electron chi connectivity index (χ3n) is 4.63. The number of nitrogens with zero attached hydrogens (tertiary/aromatic N) is 1. The molecule has 0 unspecified atom stereocenters. The van der Waals surface area contributed by atoms with Gasteiger partial charge in [-0.05, 0) is 38.0 Å². The third kappa shape index (κ3) is 4.21. The van der Waals surface area contributed by atoms with Gasteiger partial charge in [-0.2, -0.15) is 0 Å². The lowest BCUT2D eigenvalue weighted by atomic mass is 9.79. The fourth-order valence-corrected chi connectivity index (χ4v) is 3.45. The first-order valence-corrected chi connectivity index (χ1v) is 9.60. The minimum Gasteiger partial charge on any atom is -0.463 e. The van der Waals surface area contributed by atoms with Crippen LogP contribution in [0.25, 0.3) is 5.70 Å². The van der Waals surface area contributed by atoms with E-state index in [4.69, 9.17) is 9.47 Å². The van der Waals surface area contributed by atoms with E-state index >= 15 is 0 Å². The zero-order chi connectivity index (χ0) is 20.8. The Morgan fingerprint density at radius 2 is 1.62 bits per heavy atom. The van der Waals surface area contributed by atoms with Crippen molar-refractivity contribution in [2.24, 2.45) is 0 Å². The average molecular weight is 392 g/mol. The van der Waals surface area contributed by atoms with E-state index < -0.39 is 17.9 Å². The van der Waals surface area contributed by atoms with E-state index in [0.29, 0.717) is 28.1 Å². The molecule has 1 atom stereocenters. The van der Waals surface area contributed by atoms with Crippen LogP contribution in [0.5, 0.6) is 0 Å². The second kappa shape index (κ2) is 9.19. The average Bonchev–Trinajstić information content (AvgIpc) is 2.74. The van der Waals surface area contributed by atoms with E-state index in [2.05, 4.69) is 10.3 Å². The Morgan fingerprint density at radius 3 is 2.21 bits per heavy atom. The number of carbonyl (C=O) groups is 2. The molecule has 0 radical (unpaired) electrons. The summed E-state index contributed by atoms with van der Waals surface area (Å²) in [7, 11) is 0. The molecule has 1 aromatic carbocycles. The zero-order valence-corrected chi connectivity index (χ0v) is 16.8. The number of aromatic nitrogens is 1. The Kier molecular flexibility index (Phi) is 6.44. The molecule has 0 fully saturated rings. The quantitative estimate of drug-likeness (QED) is 0.757. The molecule has 0 saturated carbocycles. The molecule has 0 saturated heterocycles. The van der Waals surface area contributed by atoms with Crippen LogP contribution in [-0.4, -0.2) is 30.1 Å². The summed E-state index contributed by atoms with van der Waals surface area (Å²) in [5.74, 6) is -1.61. The molecule has 6 heteroatoms. The Hall–Kier alpha value is -3.41. The van der Waals surface area contributed by atoms with Crippen molar-refractivity contribution < 1.29 is 19.1 Å². The van der Waals surface area contributed by atoms with Gasteiger partial charge < -0.3 is 14.8 Å². The van der Waals surface area contributed by atoms with Crippen molar-refractivity contribution >= 4 is 17.6 Å². The Morgan fingerprint density at radius 1 is 0.966 bits per heavy atom. The monoisotopic (exact) mass is 392 g/mol. The standard InChI is InChI=1S/C23H24N2O4/c1-4-28-22(26)18-15(3)25-21(16-10-7-6-8-11-16)20(23(27)29-5-2)19(18)17-12-9-13-24-14-17/h6-14,19,25H,4-5H2,1-3H3/t19-/m0/s1. The third-order valence-corrected chi connectivity index (χ3v) is 4.63. The van der Waals surface area contributed by atoms with E-state index in [-0.39, 0.29) is 13.2 Å². The first-order chi connectivity index (χ1) is 14.1. The highest BCUT2D eigenvalue weighted by Gasteiger charge is 2.39. The maximum absolute atomic E-state index is 13.1. The van der Waals surface area contributed by atoms with Gasteiger partial charge in [0.1, 0.15) is 0 Å². The second-order valence-electron chi connectivity index (χ2n) is 6.48. The van der Waals surface area contributed by atoms with Gasteiger partial charge in [-0.25, -0.2) is 9.59 Å². The van der Waals surface area contributed by atoms with Crippen LogP contribution in [0.4, 0.5) is 0 Å². The number of hydrogen-bond acceptors (Lipinski definition) is 6. The molecule has 1 aliphatic rings. The SMILES string of the molecule is CCOC(=O)C1=C(C)NC(c2ccccc2)=C(C(=O)OCC)[C@H]1c1cccnc1. The summed E-state index contributed by atoms with van der Waals surface area (Å²) in [6.45, 7) is 5.77. The highest BCUT2D eigenvalue weighted by Crippen LogP contribution is 2.41. The largest absolute Gasteiger partial charge is 0.463 e. The van der Waals surface area contributed by atoms with Gasteiger partial charge in [0.15, 0.2) is 0 Å². The van der Waals surface area contributed by atoms with Crippen LogP contribution in [0.3, 0.4) is 0 Å². The number of nitrogens with one attached hydrogen (secondary N) is 1. The normalized spacial score (nSPS) is 16.3. The van der Waals surface area contributed by atoms with E-state index in [9.17, 15) is 9.59 Å². The van der Waals surface area contributed by atoms with Crippen molar-refractivity contribution in [2.75, 3.05) is 13.2 Å². The van der Waals surface area contributed by atoms with Crippen LogP contribution in [0, 0.1) is 0 Å². The predicted octanol–water partition coefficient (Wildman–Crippen LogP) is 3.58. The maximum Gasteiger partial charge on any atom is 0.337 e. The van der Waals surface area contributed by atoms with Gasteiger partial charge in [-0.15, -0.1) is 0 Å². The fraction of sp³-hybridized carbons (Fsp3) is 0.261. The van der Waals surface area contributed by atoms with Crippen molar-refractivity contribution in [1.82, 2.24) is 10.3 Å². The topological polar surface area (TPSA) is 77.5 Å². The molecule has 0 bridgehead atoms. The van der Waals surface area contributed by atoms with Crippen LogP contribution >= 0.6 is 0 Å². The van der Waals surface area contributed by atoms with Gasteiger partial charge in [0, 0.05) is 18.1 Å². The molecule has 2 heterocycles. The Balaban J connectivity index is 2.27. The van der Waals surface area contributed by atoms with Crippen molar-refractivity contribution in [3.05, 3.63) is 82.8 Å². The van der Waals surface area contributed by atoms with Gasteiger partial charge in [-0.1, -0.05) is 36.4 Å². The lowest BCUT2D eigenvalue weighted by Crippen LogP contribution is -2.32. The number of allylic oxidation sites excluding steroid dienone is 1. The number of benzene rings is 1. The second-order valence-corrected chi connectivity index (χ2v) is 6.48. The lowest BCUT2D eigenvalue weighted by Gasteiger charge is -2.31. The summed E-state index contributed by atoms with van der Waals surface area (Å²) in [6.07, 6.45) is 3.31. The molecule has 3 rings (SSSR count).